The van der Waals surface area contributed by atoms with Gasteiger partial charge in [-0.05, 0) is 24.7 Å². The first-order chi connectivity index (χ1) is 9.78. The van der Waals surface area contributed by atoms with Crippen molar-refractivity contribution in [1.82, 2.24) is 10.3 Å². The van der Waals surface area contributed by atoms with E-state index in [4.69, 9.17) is 4.74 Å². The first-order valence-corrected chi connectivity index (χ1v) is 6.35. The third kappa shape index (κ3) is 4.37. The summed E-state index contributed by atoms with van der Waals surface area (Å²) in [5.74, 6) is 0. The minimum absolute atomic E-state index is 0.248. The highest BCUT2D eigenvalue weighted by Gasteiger charge is 2.04. The number of nitrogens with zero attached hydrogens (tertiary/aromatic N) is 1. The Kier molecular flexibility index (Phi) is 5.08. The molecule has 1 amide bonds. The average Bonchev–Trinajstić information content (AvgIpc) is 2.49. The standard InChI is InChI=1S/C15H17N3O2/c1-16-9-13-7-8-14(10-17-13)18-15(19)20-11-12-5-3-2-4-6-12/h2-8,10,16H,9,11H2,1H3,(H,18,19). The highest BCUT2D eigenvalue weighted by atomic mass is 16.5. The van der Waals surface area contributed by atoms with Crippen molar-refractivity contribution in [3.8, 4) is 0 Å². The Labute approximate surface area is 118 Å². The Morgan fingerprint density at radius 1 is 1.20 bits per heavy atom. The van der Waals surface area contributed by atoms with E-state index < -0.39 is 6.09 Å². The number of aromatic nitrogens is 1. The van der Waals surface area contributed by atoms with Gasteiger partial charge in [0, 0.05) is 6.54 Å². The molecule has 5 heteroatoms. The predicted octanol–water partition coefficient (Wildman–Crippen LogP) is 2.55. The van der Waals surface area contributed by atoms with Crippen LogP contribution in [0.25, 0.3) is 0 Å². The van der Waals surface area contributed by atoms with Gasteiger partial charge in [0.1, 0.15) is 6.61 Å². The molecule has 1 aromatic heterocycles. The molecule has 0 spiro atoms. The molecule has 0 unspecified atom stereocenters. The second kappa shape index (κ2) is 7.25. The van der Waals surface area contributed by atoms with Gasteiger partial charge in [-0.1, -0.05) is 30.3 Å². The molecule has 0 aliphatic carbocycles. The smallest absolute Gasteiger partial charge is 0.412 e. The molecule has 2 rings (SSSR count). The molecule has 2 N–H and O–H groups in total. The van der Waals surface area contributed by atoms with E-state index in [-0.39, 0.29) is 6.61 Å². The van der Waals surface area contributed by atoms with E-state index >= 15 is 0 Å². The zero-order valence-corrected chi connectivity index (χ0v) is 11.3. The van der Waals surface area contributed by atoms with E-state index in [0.717, 1.165) is 11.3 Å². The predicted molar refractivity (Wildman–Crippen MR) is 77.3 cm³/mol. The number of rotatable bonds is 5. The summed E-state index contributed by atoms with van der Waals surface area (Å²) in [7, 11) is 1.86. The summed E-state index contributed by atoms with van der Waals surface area (Å²) < 4.78 is 5.12. The molecule has 0 aliphatic heterocycles. The summed E-state index contributed by atoms with van der Waals surface area (Å²) in [5.41, 5.74) is 2.48. The lowest BCUT2D eigenvalue weighted by Crippen LogP contribution is -2.14. The monoisotopic (exact) mass is 271 g/mol. The molecule has 0 fully saturated rings. The van der Waals surface area contributed by atoms with Crippen LogP contribution in [-0.2, 0) is 17.9 Å². The van der Waals surface area contributed by atoms with Gasteiger partial charge in [0.05, 0.1) is 17.6 Å². The number of nitrogens with one attached hydrogen (secondary N) is 2. The van der Waals surface area contributed by atoms with E-state index in [1.165, 1.54) is 0 Å². The van der Waals surface area contributed by atoms with Gasteiger partial charge in [0.15, 0.2) is 0 Å². The van der Waals surface area contributed by atoms with E-state index in [2.05, 4.69) is 15.6 Å². The molecule has 20 heavy (non-hydrogen) atoms. The lowest BCUT2D eigenvalue weighted by atomic mass is 10.2. The van der Waals surface area contributed by atoms with Gasteiger partial charge < -0.3 is 10.1 Å². The molecule has 1 aromatic carbocycles. The van der Waals surface area contributed by atoms with Crippen LogP contribution in [0.4, 0.5) is 10.5 Å². The quantitative estimate of drug-likeness (QED) is 0.877. The van der Waals surface area contributed by atoms with Crippen LogP contribution in [0.5, 0.6) is 0 Å². The molecule has 2 aromatic rings. The van der Waals surface area contributed by atoms with Gasteiger partial charge in [-0.15, -0.1) is 0 Å². The lowest BCUT2D eigenvalue weighted by Gasteiger charge is -2.07. The topological polar surface area (TPSA) is 63.2 Å². The Morgan fingerprint density at radius 3 is 2.65 bits per heavy atom. The van der Waals surface area contributed by atoms with Gasteiger partial charge in [0.25, 0.3) is 0 Å². The number of carbonyl (C=O) groups is 1. The maximum atomic E-state index is 11.6. The van der Waals surface area contributed by atoms with Crippen molar-refractivity contribution in [1.29, 1.82) is 0 Å². The molecule has 0 atom stereocenters. The summed E-state index contributed by atoms with van der Waals surface area (Å²) in [6.45, 7) is 0.941. The van der Waals surface area contributed by atoms with Gasteiger partial charge >= 0.3 is 6.09 Å². The van der Waals surface area contributed by atoms with Crippen LogP contribution in [0.1, 0.15) is 11.3 Å². The number of hydrogen-bond acceptors (Lipinski definition) is 4. The summed E-state index contributed by atoms with van der Waals surface area (Å²) >= 11 is 0. The fourth-order valence-corrected chi connectivity index (χ4v) is 1.66. The van der Waals surface area contributed by atoms with Crippen LogP contribution in [-0.4, -0.2) is 18.1 Å². The number of hydrogen-bond donors (Lipinski definition) is 2. The number of anilines is 1. The van der Waals surface area contributed by atoms with Crippen LogP contribution in [0.15, 0.2) is 48.7 Å². The second-order valence-electron chi connectivity index (χ2n) is 4.26. The Hall–Kier alpha value is -2.40. The first kappa shape index (κ1) is 14.0. The molecule has 0 radical (unpaired) electrons. The van der Waals surface area contributed by atoms with Gasteiger partial charge in [-0.2, -0.15) is 0 Å². The minimum atomic E-state index is -0.489. The summed E-state index contributed by atoms with van der Waals surface area (Å²) in [5, 5.41) is 5.65. The van der Waals surface area contributed by atoms with Crippen molar-refractivity contribution in [2.24, 2.45) is 0 Å². The number of ether oxygens (including phenoxy) is 1. The van der Waals surface area contributed by atoms with Crippen LogP contribution < -0.4 is 10.6 Å². The highest BCUT2D eigenvalue weighted by Crippen LogP contribution is 2.07. The maximum Gasteiger partial charge on any atom is 0.412 e. The lowest BCUT2D eigenvalue weighted by molar-refractivity contribution is 0.155. The number of benzene rings is 1. The number of carbonyl (C=O) groups excluding carboxylic acids is 1. The Balaban J connectivity index is 1.82. The molecule has 0 saturated carbocycles. The van der Waals surface area contributed by atoms with Crippen molar-refractivity contribution in [3.63, 3.8) is 0 Å². The van der Waals surface area contributed by atoms with Gasteiger partial charge in [-0.25, -0.2) is 4.79 Å². The zero-order valence-electron chi connectivity index (χ0n) is 11.3. The zero-order chi connectivity index (χ0) is 14.2. The molecule has 0 bridgehead atoms. The highest BCUT2D eigenvalue weighted by molar-refractivity contribution is 5.84. The van der Waals surface area contributed by atoms with Crippen molar-refractivity contribution < 1.29 is 9.53 Å². The van der Waals surface area contributed by atoms with Crippen molar-refractivity contribution >= 4 is 11.8 Å². The minimum Gasteiger partial charge on any atom is -0.444 e. The molecular weight excluding hydrogens is 254 g/mol. The van der Waals surface area contributed by atoms with E-state index in [9.17, 15) is 4.79 Å². The fourth-order valence-electron chi connectivity index (χ4n) is 1.66. The molecular formula is C15H17N3O2. The molecule has 1 heterocycles. The Morgan fingerprint density at radius 2 is 2.00 bits per heavy atom. The number of pyridine rings is 1. The summed E-state index contributed by atoms with van der Waals surface area (Å²) in [6.07, 6.45) is 1.12. The van der Waals surface area contributed by atoms with Crippen LogP contribution in [0, 0.1) is 0 Å². The molecule has 0 aliphatic rings. The third-order valence-corrected chi connectivity index (χ3v) is 2.64. The normalized spacial score (nSPS) is 10.1. The van der Waals surface area contributed by atoms with Gasteiger partial charge in [-0.3, -0.25) is 10.3 Å². The Bertz CT molecular complexity index is 541. The maximum absolute atomic E-state index is 11.6. The summed E-state index contributed by atoms with van der Waals surface area (Å²) in [6, 6.07) is 13.2. The average molecular weight is 271 g/mol. The van der Waals surface area contributed by atoms with Crippen LogP contribution in [0.3, 0.4) is 0 Å². The molecule has 0 saturated heterocycles. The first-order valence-electron chi connectivity index (χ1n) is 6.35. The van der Waals surface area contributed by atoms with Crippen LogP contribution in [0.2, 0.25) is 0 Å². The van der Waals surface area contributed by atoms with Gasteiger partial charge in [0.2, 0.25) is 0 Å². The fraction of sp³-hybridized carbons (Fsp3) is 0.200. The van der Waals surface area contributed by atoms with E-state index in [1.54, 1.807) is 12.3 Å². The molecule has 5 nitrogen and oxygen atoms in total. The van der Waals surface area contributed by atoms with Crippen molar-refractivity contribution in [2.45, 2.75) is 13.2 Å². The number of amides is 1. The molecule has 104 valence electrons. The van der Waals surface area contributed by atoms with E-state index in [1.807, 2.05) is 43.4 Å². The second-order valence-corrected chi connectivity index (χ2v) is 4.26. The van der Waals surface area contributed by atoms with Crippen molar-refractivity contribution in [3.05, 3.63) is 59.9 Å². The largest absolute Gasteiger partial charge is 0.444 e. The van der Waals surface area contributed by atoms with Crippen LogP contribution >= 0.6 is 0 Å². The van der Waals surface area contributed by atoms with E-state index in [0.29, 0.717) is 12.2 Å². The SMILES string of the molecule is CNCc1ccc(NC(=O)OCc2ccccc2)cn1. The third-order valence-electron chi connectivity index (χ3n) is 2.64. The van der Waals surface area contributed by atoms with Crippen molar-refractivity contribution in [2.75, 3.05) is 12.4 Å². The summed E-state index contributed by atoms with van der Waals surface area (Å²) in [4.78, 5) is 15.8.